The predicted octanol–water partition coefficient (Wildman–Crippen LogP) is 9.56. The van der Waals surface area contributed by atoms with Gasteiger partial charge in [0.15, 0.2) is 0 Å². The molecule has 0 saturated heterocycles. The second-order valence-electron chi connectivity index (χ2n) is 9.18. The predicted molar refractivity (Wildman–Crippen MR) is 133 cm³/mol. The van der Waals surface area contributed by atoms with E-state index in [-0.39, 0.29) is 0 Å². The molecule has 0 atom stereocenters. The van der Waals surface area contributed by atoms with Crippen molar-refractivity contribution >= 4 is 8.56 Å². The van der Waals surface area contributed by atoms with Crippen LogP contribution in [0.5, 0.6) is 0 Å². The maximum Gasteiger partial charge on any atom is 0.337 e. The molecule has 0 aliphatic carbocycles. The Morgan fingerprint density at radius 1 is 0.379 bits per heavy atom. The fourth-order valence-electron chi connectivity index (χ4n) is 4.36. The molecule has 0 saturated carbocycles. The largest absolute Gasteiger partial charge is 0.398 e. The summed E-state index contributed by atoms with van der Waals surface area (Å²) in [5, 5.41) is 0. The highest BCUT2D eigenvalue weighted by Crippen LogP contribution is 2.24. The van der Waals surface area contributed by atoms with Gasteiger partial charge in [-0.05, 0) is 12.1 Å². The van der Waals surface area contributed by atoms with Crippen LogP contribution < -0.4 is 0 Å². The van der Waals surface area contributed by atoms with Gasteiger partial charge in [-0.15, -0.1) is 0 Å². The Morgan fingerprint density at radius 2 is 0.655 bits per heavy atom. The van der Waals surface area contributed by atoms with Gasteiger partial charge in [-0.3, -0.25) is 0 Å². The molecule has 2 nitrogen and oxygen atoms in total. The molecule has 0 rings (SSSR count). The normalized spacial score (nSPS) is 12.0. The zero-order valence-electron chi connectivity index (χ0n) is 20.9. The molecule has 0 N–H and O–H groups in total. The molecule has 0 unspecified atom stereocenters. The van der Waals surface area contributed by atoms with Crippen molar-refractivity contribution in [3.05, 3.63) is 0 Å². The van der Waals surface area contributed by atoms with E-state index < -0.39 is 8.56 Å². The van der Waals surface area contributed by atoms with Crippen molar-refractivity contribution in [1.82, 2.24) is 0 Å². The first-order chi connectivity index (χ1) is 14.2. The van der Waals surface area contributed by atoms with Crippen molar-refractivity contribution < 1.29 is 8.85 Å². The van der Waals surface area contributed by atoms with Crippen molar-refractivity contribution in [2.45, 2.75) is 154 Å². The van der Waals surface area contributed by atoms with E-state index in [1.54, 1.807) is 0 Å². The van der Waals surface area contributed by atoms with Crippen LogP contribution in [0.1, 0.15) is 142 Å². The van der Waals surface area contributed by atoms with Crippen LogP contribution >= 0.6 is 0 Å². The topological polar surface area (TPSA) is 18.5 Å². The van der Waals surface area contributed by atoms with Gasteiger partial charge in [0.2, 0.25) is 0 Å². The molecule has 176 valence electrons. The second-order valence-corrected chi connectivity index (χ2v) is 12.8. The lowest BCUT2D eigenvalue weighted by Crippen LogP contribution is -2.39. The van der Waals surface area contributed by atoms with Crippen LogP contribution in [-0.2, 0) is 8.85 Å². The van der Waals surface area contributed by atoms with Gasteiger partial charge in [0, 0.05) is 14.2 Å². The summed E-state index contributed by atoms with van der Waals surface area (Å²) in [6.45, 7) is 4.55. The van der Waals surface area contributed by atoms with E-state index in [4.69, 9.17) is 8.85 Å². The molecule has 0 heterocycles. The minimum absolute atomic E-state index is 1.16. The van der Waals surface area contributed by atoms with Crippen LogP contribution in [0.4, 0.5) is 0 Å². The molecule has 0 bridgehead atoms. The van der Waals surface area contributed by atoms with Crippen molar-refractivity contribution in [3.63, 3.8) is 0 Å². The van der Waals surface area contributed by atoms with E-state index in [0.29, 0.717) is 0 Å². The standard InChI is InChI=1S/C26H56O2Si/c1-5-7-9-10-11-12-13-14-15-16-17-18-19-20-21-22-23-24-26-29(27-3,28-4)25-8-6-2/h5-26H2,1-4H3. The Bertz CT molecular complexity index is 305. The molecule has 0 aliphatic rings. The average Bonchev–Trinajstić information content (AvgIpc) is 2.75. The van der Waals surface area contributed by atoms with Crippen LogP contribution in [0.25, 0.3) is 0 Å². The summed E-state index contributed by atoms with van der Waals surface area (Å²) in [5.74, 6) is 0. The number of hydrogen-bond donors (Lipinski definition) is 0. The zero-order valence-corrected chi connectivity index (χ0v) is 21.9. The van der Waals surface area contributed by atoms with Gasteiger partial charge < -0.3 is 8.85 Å². The van der Waals surface area contributed by atoms with E-state index in [1.165, 1.54) is 134 Å². The monoisotopic (exact) mass is 428 g/mol. The average molecular weight is 429 g/mol. The van der Waals surface area contributed by atoms with Gasteiger partial charge in [-0.25, -0.2) is 0 Å². The first kappa shape index (κ1) is 29.1. The Balaban J connectivity index is 3.31. The highest BCUT2D eigenvalue weighted by molar-refractivity contribution is 6.67. The SMILES string of the molecule is CCCCCCCCCCCCCCCCCCCC[Si](CCCC)(OC)OC. The fourth-order valence-corrected chi connectivity index (χ4v) is 7.27. The van der Waals surface area contributed by atoms with Gasteiger partial charge in [0.25, 0.3) is 0 Å². The summed E-state index contributed by atoms with van der Waals surface area (Å²) >= 11 is 0. The Labute approximate surface area is 186 Å². The molecular formula is C26H56O2Si. The molecule has 0 radical (unpaired) electrons. The summed E-state index contributed by atoms with van der Waals surface area (Å²) in [6, 6.07) is 2.34. The van der Waals surface area contributed by atoms with Crippen molar-refractivity contribution in [3.8, 4) is 0 Å². The Hall–Kier alpha value is 0.137. The molecule has 0 aromatic heterocycles. The maximum atomic E-state index is 5.84. The summed E-state index contributed by atoms with van der Waals surface area (Å²) in [4.78, 5) is 0. The molecular weight excluding hydrogens is 372 g/mol. The second kappa shape index (κ2) is 22.8. The molecule has 29 heavy (non-hydrogen) atoms. The molecule has 0 amide bonds. The minimum Gasteiger partial charge on any atom is -0.398 e. The van der Waals surface area contributed by atoms with E-state index in [0.717, 1.165) is 6.04 Å². The molecule has 0 aromatic rings. The lowest BCUT2D eigenvalue weighted by atomic mass is 10.0. The maximum absolute atomic E-state index is 5.84. The first-order valence-corrected chi connectivity index (χ1v) is 15.6. The Morgan fingerprint density at radius 3 is 0.966 bits per heavy atom. The quantitative estimate of drug-likeness (QED) is 0.112. The first-order valence-electron chi connectivity index (χ1n) is 13.3. The van der Waals surface area contributed by atoms with Crippen LogP contribution in [0.3, 0.4) is 0 Å². The van der Waals surface area contributed by atoms with Crippen molar-refractivity contribution in [2.24, 2.45) is 0 Å². The summed E-state index contributed by atoms with van der Waals surface area (Å²) in [7, 11) is 1.85. The van der Waals surface area contributed by atoms with E-state index in [2.05, 4.69) is 13.8 Å². The van der Waals surface area contributed by atoms with Gasteiger partial charge in [0.05, 0.1) is 0 Å². The van der Waals surface area contributed by atoms with Crippen molar-refractivity contribution in [1.29, 1.82) is 0 Å². The molecule has 0 aromatic carbocycles. The van der Waals surface area contributed by atoms with Gasteiger partial charge in [0.1, 0.15) is 0 Å². The highest BCUT2D eigenvalue weighted by atomic mass is 28.4. The highest BCUT2D eigenvalue weighted by Gasteiger charge is 2.33. The zero-order chi connectivity index (χ0) is 21.5. The van der Waals surface area contributed by atoms with Gasteiger partial charge in [-0.1, -0.05) is 142 Å². The molecule has 0 fully saturated rings. The molecule has 0 aliphatic heterocycles. The molecule has 0 spiro atoms. The third kappa shape index (κ3) is 18.6. The lowest BCUT2D eigenvalue weighted by Gasteiger charge is -2.27. The van der Waals surface area contributed by atoms with Crippen molar-refractivity contribution in [2.75, 3.05) is 14.2 Å². The third-order valence-corrected chi connectivity index (χ3v) is 10.3. The van der Waals surface area contributed by atoms with E-state index in [9.17, 15) is 0 Å². The number of rotatable bonds is 24. The smallest absolute Gasteiger partial charge is 0.337 e. The number of hydrogen-bond acceptors (Lipinski definition) is 2. The summed E-state index contributed by atoms with van der Waals surface area (Å²) in [5.41, 5.74) is 0. The van der Waals surface area contributed by atoms with Gasteiger partial charge in [-0.2, -0.15) is 0 Å². The van der Waals surface area contributed by atoms with Gasteiger partial charge >= 0.3 is 8.56 Å². The van der Waals surface area contributed by atoms with E-state index in [1.807, 2.05) is 14.2 Å². The number of unbranched alkanes of at least 4 members (excludes halogenated alkanes) is 18. The van der Waals surface area contributed by atoms with Crippen LogP contribution in [0.2, 0.25) is 12.1 Å². The summed E-state index contributed by atoms with van der Waals surface area (Å²) < 4.78 is 11.7. The fraction of sp³-hybridized carbons (Fsp3) is 1.00. The minimum atomic E-state index is -1.88. The Kier molecular flexibility index (Phi) is 22.9. The summed E-state index contributed by atoms with van der Waals surface area (Å²) in [6.07, 6.45) is 28.3. The van der Waals surface area contributed by atoms with E-state index >= 15 is 0 Å². The third-order valence-electron chi connectivity index (χ3n) is 6.57. The van der Waals surface area contributed by atoms with Crippen LogP contribution in [0, 0.1) is 0 Å². The molecule has 3 heteroatoms. The lowest BCUT2D eigenvalue weighted by molar-refractivity contribution is 0.238. The van der Waals surface area contributed by atoms with Crippen LogP contribution in [-0.4, -0.2) is 22.8 Å². The van der Waals surface area contributed by atoms with Crippen LogP contribution in [0.15, 0.2) is 0 Å².